The third-order valence-corrected chi connectivity index (χ3v) is 4.48. The van der Waals surface area contributed by atoms with E-state index in [9.17, 15) is 5.11 Å². The summed E-state index contributed by atoms with van der Waals surface area (Å²) >= 11 is 0. The van der Waals surface area contributed by atoms with E-state index in [2.05, 4.69) is 30.1 Å². The molecule has 1 saturated carbocycles. The zero-order valence-electron chi connectivity index (χ0n) is 11.6. The second-order valence-electron chi connectivity index (χ2n) is 5.92. The standard InChI is InChI=1S/C16H23NO2/c1-17(14-3-5-15(18)6-4-14)11-12-2-7-16-13(10-12)8-9-19-16/h2,7,10,14-15,18H,3-6,8-9,11H2,1H3. The highest BCUT2D eigenvalue weighted by Crippen LogP contribution is 2.28. The Morgan fingerprint density at radius 2 is 2.05 bits per heavy atom. The van der Waals surface area contributed by atoms with Crippen LogP contribution in [0.15, 0.2) is 18.2 Å². The molecule has 0 unspecified atom stereocenters. The van der Waals surface area contributed by atoms with Gasteiger partial charge in [-0.2, -0.15) is 0 Å². The van der Waals surface area contributed by atoms with Gasteiger partial charge in [0.15, 0.2) is 0 Å². The van der Waals surface area contributed by atoms with Gasteiger partial charge in [0.25, 0.3) is 0 Å². The SMILES string of the molecule is CN(Cc1ccc2c(c1)CCO2)C1CCC(O)CC1. The second kappa shape index (κ2) is 5.51. The van der Waals surface area contributed by atoms with Gasteiger partial charge in [-0.3, -0.25) is 4.90 Å². The molecule has 3 heteroatoms. The molecule has 2 aliphatic rings. The van der Waals surface area contributed by atoms with Crippen molar-refractivity contribution in [1.29, 1.82) is 0 Å². The molecule has 0 spiro atoms. The van der Waals surface area contributed by atoms with Crippen LogP contribution in [0.3, 0.4) is 0 Å². The fourth-order valence-electron chi connectivity index (χ4n) is 3.25. The number of rotatable bonds is 3. The summed E-state index contributed by atoms with van der Waals surface area (Å²) in [6.45, 7) is 1.82. The number of aliphatic hydroxyl groups excluding tert-OH is 1. The molecule has 1 aromatic rings. The van der Waals surface area contributed by atoms with Crippen LogP contribution in [0.1, 0.15) is 36.8 Å². The highest BCUT2D eigenvalue weighted by atomic mass is 16.5. The van der Waals surface area contributed by atoms with Crippen molar-refractivity contribution < 1.29 is 9.84 Å². The number of aliphatic hydroxyl groups is 1. The molecule has 1 N–H and O–H groups in total. The van der Waals surface area contributed by atoms with E-state index < -0.39 is 0 Å². The van der Waals surface area contributed by atoms with Crippen LogP contribution >= 0.6 is 0 Å². The Balaban J connectivity index is 1.61. The molecule has 1 heterocycles. The van der Waals surface area contributed by atoms with E-state index in [1.54, 1.807) is 0 Å². The van der Waals surface area contributed by atoms with E-state index >= 15 is 0 Å². The predicted molar refractivity (Wildman–Crippen MR) is 75.4 cm³/mol. The zero-order chi connectivity index (χ0) is 13.2. The molecule has 0 bridgehead atoms. The lowest BCUT2D eigenvalue weighted by Gasteiger charge is -2.33. The minimum Gasteiger partial charge on any atom is -0.493 e. The molecule has 1 aliphatic carbocycles. The van der Waals surface area contributed by atoms with E-state index in [4.69, 9.17) is 4.74 Å². The first-order chi connectivity index (χ1) is 9.22. The molecular formula is C16H23NO2. The molecule has 3 nitrogen and oxygen atoms in total. The van der Waals surface area contributed by atoms with E-state index in [0.717, 1.165) is 51.0 Å². The van der Waals surface area contributed by atoms with Crippen LogP contribution in [0.2, 0.25) is 0 Å². The number of nitrogens with zero attached hydrogens (tertiary/aromatic N) is 1. The van der Waals surface area contributed by atoms with Gasteiger partial charge in [0, 0.05) is 19.0 Å². The quantitative estimate of drug-likeness (QED) is 0.906. The smallest absolute Gasteiger partial charge is 0.122 e. The predicted octanol–water partition coefficient (Wildman–Crippen LogP) is 2.36. The van der Waals surface area contributed by atoms with Crippen LogP contribution in [-0.2, 0) is 13.0 Å². The van der Waals surface area contributed by atoms with Crippen LogP contribution < -0.4 is 4.74 Å². The summed E-state index contributed by atoms with van der Waals surface area (Å²) < 4.78 is 5.55. The van der Waals surface area contributed by atoms with Gasteiger partial charge < -0.3 is 9.84 Å². The minimum absolute atomic E-state index is 0.0678. The van der Waals surface area contributed by atoms with Gasteiger partial charge in [0.05, 0.1) is 12.7 Å². The maximum absolute atomic E-state index is 9.57. The molecule has 104 valence electrons. The minimum atomic E-state index is -0.0678. The van der Waals surface area contributed by atoms with Crippen molar-refractivity contribution in [3.8, 4) is 5.75 Å². The lowest BCUT2D eigenvalue weighted by atomic mass is 9.92. The molecule has 0 saturated heterocycles. The summed E-state index contributed by atoms with van der Waals surface area (Å²) in [5.74, 6) is 1.06. The van der Waals surface area contributed by atoms with E-state index in [0.29, 0.717) is 6.04 Å². The number of hydrogen-bond donors (Lipinski definition) is 1. The first-order valence-corrected chi connectivity index (χ1v) is 7.35. The topological polar surface area (TPSA) is 32.7 Å². The van der Waals surface area contributed by atoms with Gasteiger partial charge in [-0.25, -0.2) is 0 Å². The van der Waals surface area contributed by atoms with Crippen molar-refractivity contribution in [3.05, 3.63) is 29.3 Å². The van der Waals surface area contributed by atoms with Crippen LogP contribution in [0.25, 0.3) is 0 Å². The van der Waals surface area contributed by atoms with E-state index in [-0.39, 0.29) is 6.10 Å². The first kappa shape index (κ1) is 12.9. The summed E-state index contributed by atoms with van der Waals surface area (Å²) in [4.78, 5) is 2.43. The average Bonchev–Trinajstić information content (AvgIpc) is 2.87. The summed E-state index contributed by atoms with van der Waals surface area (Å²) in [5, 5.41) is 9.57. The third kappa shape index (κ3) is 2.93. The highest BCUT2D eigenvalue weighted by molar-refractivity contribution is 5.39. The van der Waals surface area contributed by atoms with Gasteiger partial charge >= 0.3 is 0 Å². The molecule has 1 fully saturated rings. The van der Waals surface area contributed by atoms with Gasteiger partial charge in [-0.05, 0) is 49.9 Å². The molecule has 0 amide bonds. The van der Waals surface area contributed by atoms with Crippen LogP contribution in [0.5, 0.6) is 5.75 Å². The van der Waals surface area contributed by atoms with Crippen molar-refractivity contribution in [3.63, 3.8) is 0 Å². The Morgan fingerprint density at radius 3 is 2.84 bits per heavy atom. The highest BCUT2D eigenvalue weighted by Gasteiger charge is 2.23. The second-order valence-corrected chi connectivity index (χ2v) is 5.92. The van der Waals surface area contributed by atoms with Crippen LogP contribution in [-0.4, -0.2) is 35.8 Å². The summed E-state index contributed by atoms with van der Waals surface area (Å²) in [6, 6.07) is 7.19. The number of benzene rings is 1. The Bertz CT molecular complexity index is 438. The van der Waals surface area contributed by atoms with Crippen molar-refractivity contribution >= 4 is 0 Å². The number of hydrogen-bond acceptors (Lipinski definition) is 3. The van der Waals surface area contributed by atoms with Crippen molar-refractivity contribution in [2.24, 2.45) is 0 Å². The van der Waals surface area contributed by atoms with Crippen molar-refractivity contribution in [2.75, 3.05) is 13.7 Å². The molecular weight excluding hydrogens is 238 g/mol. The van der Waals surface area contributed by atoms with Gasteiger partial charge in [-0.1, -0.05) is 12.1 Å². The first-order valence-electron chi connectivity index (χ1n) is 7.35. The van der Waals surface area contributed by atoms with Crippen molar-refractivity contribution in [2.45, 2.75) is 50.8 Å². The summed E-state index contributed by atoms with van der Waals surface area (Å²) in [6.07, 6.45) is 5.11. The lowest BCUT2D eigenvalue weighted by molar-refractivity contribution is 0.0818. The Kier molecular flexibility index (Phi) is 3.76. The molecule has 0 aromatic heterocycles. The largest absolute Gasteiger partial charge is 0.493 e. The van der Waals surface area contributed by atoms with Gasteiger partial charge in [0.1, 0.15) is 5.75 Å². The maximum atomic E-state index is 9.57. The Labute approximate surface area is 115 Å². The van der Waals surface area contributed by atoms with E-state index in [1.165, 1.54) is 11.1 Å². The van der Waals surface area contributed by atoms with Crippen molar-refractivity contribution in [1.82, 2.24) is 4.90 Å². The summed E-state index contributed by atoms with van der Waals surface area (Å²) in [5.41, 5.74) is 2.72. The Hall–Kier alpha value is -1.06. The molecule has 1 aliphatic heterocycles. The number of ether oxygens (including phenoxy) is 1. The van der Waals surface area contributed by atoms with Crippen LogP contribution in [0, 0.1) is 0 Å². The third-order valence-electron chi connectivity index (χ3n) is 4.48. The van der Waals surface area contributed by atoms with Gasteiger partial charge in [0.2, 0.25) is 0 Å². The Morgan fingerprint density at radius 1 is 1.26 bits per heavy atom. The lowest BCUT2D eigenvalue weighted by Crippen LogP contribution is -2.35. The average molecular weight is 261 g/mol. The molecule has 19 heavy (non-hydrogen) atoms. The maximum Gasteiger partial charge on any atom is 0.122 e. The number of fused-ring (bicyclic) bond motifs is 1. The molecule has 1 aromatic carbocycles. The monoisotopic (exact) mass is 261 g/mol. The molecule has 0 radical (unpaired) electrons. The molecule has 3 rings (SSSR count). The fraction of sp³-hybridized carbons (Fsp3) is 0.625. The van der Waals surface area contributed by atoms with E-state index in [1.807, 2.05) is 0 Å². The normalized spacial score (nSPS) is 26.3. The fourth-order valence-corrected chi connectivity index (χ4v) is 3.25. The van der Waals surface area contributed by atoms with Gasteiger partial charge in [-0.15, -0.1) is 0 Å². The molecule has 0 atom stereocenters. The zero-order valence-corrected chi connectivity index (χ0v) is 11.6. The summed E-state index contributed by atoms with van der Waals surface area (Å²) in [7, 11) is 2.20. The van der Waals surface area contributed by atoms with Crippen LogP contribution in [0.4, 0.5) is 0 Å².